The molecule has 31 heavy (non-hydrogen) atoms. The molecule has 4 amide bonds. The van der Waals surface area contributed by atoms with Gasteiger partial charge < -0.3 is 35.8 Å². The number of hydrogen-bond donors (Lipinski definition) is 5. The van der Waals surface area contributed by atoms with E-state index in [4.69, 9.17) is 0 Å². The van der Waals surface area contributed by atoms with Gasteiger partial charge in [-0.2, -0.15) is 0 Å². The fraction of sp³-hybridized carbons (Fsp3) is 0.737. The Bertz CT molecular complexity index is 728. The molecule has 0 unspecified atom stereocenters. The Morgan fingerprint density at radius 1 is 0.968 bits per heavy atom. The largest absolute Gasteiger partial charge is 0.480 e. The van der Waals surface area contributed by atoms with Crippen LogP contribution in [0.1, 0.15) is 39.5 Å². The summed E-state index contributed by atoms with van der Waals surface area (Å²) in [5.74, 6) is -3.65. The van der Waals surface area contributed by atoms with Gasteiger partial charge in [-0.15, -0.1) is 0 Å². The van der Waals surface area contributed by atoms with E-state index >= 15 is 0 Å². The molecule has 0 radical (unpaired) electrons. The number of carbonyl (C=O) groups is 5. The van der Waals surface area contributed by atoms with Crippen molar-refractivity contribution in [3.05, 3.63) is 0 Å². The van der Waals surface area contributed by atoms with Gasteiger partial charge in [-0.25, -0.2) is 4.79 Å². The summed E-state index contributed by atoms with van der Waals surface area (Å²) < 4.78 is 0. The Labute approximate surface area is 179 Å². The molecule has 2 saturated heterocycles. The van der Waals surface area contributed by atoms with Crippen molar-refractivity contribution in [1.29, 1.82) is 0 Å². The van der Waals surface area contributed by atoms with Crippen LogP contribution in [-0.4, -0.2) is 105 Å². The van der Waals surface area contributed by atoms with E-state index < -0.39 is 66.5 Å². The van der Waals surface area contributed by atoms with E-state index in [1.165, 1.54) is 18.7 Å². The molecule has 0 aromatic heterocycles. The number of nitrogens with zero attached hydrogens (tertiary/aromatic N) is 2. The molecule has 0 spiro atoms. The first-order valence-corrected chi connectivity index (χ1v) is 10.3. The first-order chi connectivity index (χ1) is 14.6. The third-order valence-corrected chi connectivity index (χ3v) is 5.56. The van der Waals surface area contributed by atoms with Crippen LogP contribution in [0.2, 0.25) is 0 Å². The number of carbonyl (C=O) groups excluding carboxylic acids is 4. The number of aliphatic hydroxyl groups is 2. The molecule has 0 aromatic carbocycles. The molecule has 2 heterocycles. The minimum Gasteiger partial charge on any atom is -0.480 e. The van der Waals surface area contributed by atoms with E-state index in [2.05, 4.69) is 10.6 Å². The zero-order valence-electron chi connectivity index (χ0n) is 17.6. The van der Waals surface area contributed by atoms with Crippen molar-refractivity contribution in [1.82, 2.24) is 20.4 Å². The van der Waals surface area contributed by atoms with Crippen LogP contribution in [0.4, 0.5) is 0 Å². The van der Waals surface area contributed by atoms with E-state index in [1.54, 1.807) is 0 Å². The van der Waals surface area contributed by atoms with Crippen LogP contribution in [0.3, 0.4) is 0 Å². The highest BCUT2D eigenvalue weighted by atomic mass is 16.4. The van der Waals surface area contributed by atoms with Gasteiger partial charge in [0.2, 0.25) is 23.6 Å². The molecule has 12 nitrogen and oxygen atoms in total. The van der Waals surface area contributed by atoms with Crippen molar-refractivity contribution in [2.24, 2.45) is 0 Å². The maximum absolute atomic E-state index is 12.8. The number of hydrogen-bond acceptors (Lipinski definition) is 7. The highest BCUT2D eigenvalue weighted by Crippen LogP contribution is 2.21. The Kier molecular flexibility index (Phi) is 8.34. The summed E-state index contributed by atoms with van der Waals surface area (Å²) >= 11 is 0. The SMILES string of the molecule is CC(=O)N[C@H](C(=O)N1CCC[C@H]1C(=O)N[C@@H](CO)C(=O)N1CCC[C@H]1C(=O)O)[C@@H](C)O. The molecular formula is C19H30N4O8. The monoisotopic (exact) mass is 442 g/mol. The van der Waals surface area contributed by atoms with Gasteiger partial charge in [-0.1, -0.05) is 0 Å². The van der Waals surface area contributed by atoms with Crippen LogP contribution in [0.25, 0.3) is 0 Å². The molecule has 0 saturated carbocycles. The first kappa shape index (κ1) is 24.5. The van der Waals surface area contributed by atoms with E-state index in [0.29, 0.717) is 25.7 Å². The number of rotatable bonds is 8. The number of aliphatic hydroxyl groups excluding tert-OH is 2. The lowest BCUT2D eigenvalue weighted by Crippen LogP contribution is -2.59. The highest BCUT2D eigenvalue weighted by Gasteiger charge is 2.41. The van der Waals surface area contributed by atoms with Crippen LogP contribution < -0.4 is 10.6 Å². The summed E-state index contributed by atoms with van der Waals surface area (Å²) in [4.78, 5) is 63.4. The van der Waals surface area contributed by atoms with Crippen molar-refractivity contribution in [2.75, 3.05) is 19.7 Å². The maximum Gasteiger partial charge on any atom is 0.326 e. The van der Waals surface area contributed by atoms with E-state index in [1.807, 2.05) is 0 Å². The molecule has 0 aromatic rings. The maximum atomic E-state index is 12.8. The molecule has 5 atom stereocenters. The molecule has 2 fully saturated rings. The van der Waals surface area contributed by atoms with Crippen LogP contribution in [0.5, 0.6) is 0 Å². The average molecular weight is 442 g/mol. The lowest BCUT2D eigenvalue weighted by molar-refractivity contribution is -0.150. The summed E-state index contributed by atoms with van der Waals surface area (Å²) in [5.41, 5.74) is 0. The van der Waals surface area contributed by atoms with Gasteiger partial charge in [0.1, 0.15) is 24.2 Å². The van der Waals surface area contributed by atoms with Crippen molar-refractivity contribution in [3.63, 3.8) is 0 Å². The van der Waals surface area contributed by atoms with Crippen molar-refractivity contribution < 1.29 is 39.3 Å². The van der Waals surface area contributed by atoms with Gasteiger partial charge in [0.05, 0.1) is 12.7 Å². The molecule has 0 aliphatic carbocycles. The number of carboxylic acid groups (broad SMARTS) is 1. The minimum atomic E-state index is -1.34. The number of amides is 4. The Balaban J connectivity index is 2.09. The standard InChI is InChI=1S/C19H30N4O8/c1-10(25)15(20-11(2)26)18(29)22-7-3-5-13(22)16(27)21-12(9-24)17(28)23-8-4-6-14(23)19(30)31/h10,12-15,24-25H,3-9H2,1-2H3,(H,20,26)(H,21,27)(H,30,31)/t10-,12+,13+,14+,15+/m1/s1. The molecule has 12 heteroatoms. The molecule has 0 bridgehead atoms. The third kappa shape index (κ3) is 5.70. The average Bonchev–Trinajstić information content (AvgIpc) is 3.38. The third-order valence-electron chi connectivity index (χ3n) is 5.56. The van der Waals surface area contributed by atoms with Crippen molar-refractivity contribution >= 4 is 29.6 Å². The zero-order chi connectivity index (χ0) is 23.3. The second kappa shape index (κ2) is 10.5. The van der Waals surface area contributed by atoms with Crippen LogP contribution in [0.15, 0.2) is 0 Å². The summed E-state index contributed by atoms with van der Waals surface area (Å²) in [7, 11) is 0. The topological polar surface area (TPSA) is 177 Å². The summed E-state index contributed by atoms with van der Waals surface area (Å²) in [6.07, 6.45) is 0.417. The molecule has 174 valence electrons. The lowest BCUT2D eigenvalue weighted by atomic mass is 10.1. The van der Waals surface area contributed by atoms with Gasteiger partial charge in [0.15, 0.2) is 0 Å². The van der Waals surface area contributed by atoms with Gasteiger partial charge >= 0.3 is 5.97 Å². The number of nitrogens with one attached hydrogen (secondary N) is 2. The smallest absolute Gasteiger partial charge is 0.326 e. The van der Waals surface area contributed by atoms with E-state index in [9.17, 15) is 39.3 Å². The quantitative estimate of drug-likeness (QED) is 0.272. The van der Waals surface area contributed by atoms with Gasteiger partial charge in [0, 0.05) is 20.0 Å². The van der Waals surface area contributed by atoms with Crippen LogP contribution in [-0.2, 0) is 24.0 Å². The molecule has 2 aliphatic rings. The molecule has 5 N–H and O–H groups in total. The van der Waals surface area contributed by atoms with E-state index in [-0.39, 0.29) is 13.1 Å². The number of aliphatic carboxylic acids is 1. The van der Waals surface area contributed by atoms with Crippen LogP contribution in [0, 0.1) is 0 Å². The van der Waals surface area contributed by atoms with Crippen molar-refractivity contribution in [2.45, 2.75) is 69.8 Å². The first-order valence-electron chi connectivity index (χ1n) is 10.3. The Morgan fingerprint density at radius 2 is 1.52 bits per heavy atom. The highest BCUT2D eigenvalue weighted by molar-refractivity contribution is 5.95. The fourth-order valence-corrected chi connectivity index (χ4v) is 4.03. The minimum absolute atomic E-state index is 0.211. The molecule has 2 rings (SSSR count). The molecular weight excluding hydrogens is 412 g/mol. The summed E-state index contributed by atoms with van der Waals surface area (Å²) in [5, 5.41) is 33.6. The number of carboxylic acids is 1. The fourth-order valence-electron chi connectivity index (χ4n) is 4.03. The summed E-state index contributed by atoms with van der Waals surface area (Å²) in [6.45, 7) is 2.26. The van der Waals surface area contributed by atoms with Gasteiger partial charge in [0.25, 0.3) is 0 Å². The van der Waals surface area contributed by atoms with Crippen LogP contribution >= 0.6 is 0 Å². The summed E-state index contributed by atoms with van der Waals surface area (Å²) in [6, 6.07) is -4.51. The second-order valence-corrected chi connectivity index (χ2v) is 7.88. The Hall–Kier alpha value is -2.73. The van der Waals surface area contributed by atoms with Gasteiger partial charge in [-0.3, -0.25) is 19.2 Å². The van der Waals surface area contributed by atoms with Gasteiger partial charge in [-0.05, 0) is 32.6 Å². The normalized spacial score (nSPS) is 23.7. The number of likely N-dealkylation sites (tertiary alicyclic amines) is 2. The lowest BCUT2D eigenvalue weighted by Gasteiger charge is -2.31. The van der Waals surface area contributed by atoms with E-state index in [0.717, 1.165) is 4.90 Å². The van der Waals surface area contributed by atoms with Crippen molar-refractivity contribution in [3.8, 4) is 0 Å². The zero-order valence-corrected chi connectivity index (χ0v) is 17.6. The Morgan fingerprint density at radius 3 is 2.00 bits per heavy atom. The molecule has 2 aliphatic heterocycles. The predicted molar refractivity (Wildman–Crippen MR) is 105 cm³/mol. The second-order valence-electron chi connectivity index (χ2n) is 7.88. The predicted octanol–water partition coefficient (Wildman–Crippen LogP) is -2.58.